The molecule has 0 aliphatic carbocycles. The first kappa shape index (κ1) is 10.7. The van der Waals surface area contributed by atoms with Crippen LogP contribution in [0.5, 0.6) is 0 Å². The minimum Gasteiger partial charge on any atom is -0.313 e. The molecular weight excluding hydrogens is 134 g/mol. The van der Waals surface area contributed by atoms with Crippen LogP contribution in [0, 0.1) is 17.2 Å². The van der Waals surface area contributed by atoms with E-state index in [4.69, 9.17) is 5.41 Å². The molecule has 11 heavy (non-hydrogen) atoms. The van der Waals surface area contributed by atoms with Crippen molar-refractivity contribution in [2.45, 2.75) is 46.5 Å². The van der Waals surface area contributed by atoms with Gasteiger partial charge in [0, 0.05) is 0 Å². The molecule has 0 saturated carbocycles. The maximum Gasteiger partial charge on any atom is -0.00477 e. The van der Waals surface area contributed by atoms with Gasteiger partial charge in [0.15, 0.2) is 0 Å². The highest BCUT2D eigenvalue weighted by Gasteiger charge is 2.08. The van der Waals surface area contributed by atoms with Gasteiger partial charge in [-0.15, -0.1) is 0 Å². The molecule has 0 amide bonds. The standard InChI is InChI=1S/C10H21N/c1-4-9(2)10(3)7-5-6-8-11/h8-11H,4-7H2,1-3H3/t9-,10?/m0/s1. The molecule has 1 heteroatoms. The van der Waals surface area contributed by atoms with Crippen molar-refractivity contribution in [2.75, 3.05) is 0 Å². The number of unbranched alkanes of at least 4 members (excludes halogenated alkanes) is 1. The monoisotopic (exact) mass is 155 g/mol. The summed E-state index contributed by atoms with van der Waals surface area (Å²) in [7, 11) is 0. The molecule has 0 aromatic heterocycles. The molecule has 0 aliphatic rings. The highest BCUT2D eigenvalue weighted by molar-refractivity contribution is 5.52. The second-order valence-corrected chi connectivity index (χ2v) is 3.50. The molecule has 0 bridgehead atoms. The largest absolute Gasteiger partial charge is 0.313 e. The normalized spacial score (nSPS) is 15.9. The van der Waals surface area contributed by atoms with Crippen molar-refractivity contribution >= 4 is 6.21 Å². The Morgan fingerprint density at radius 3 is 2.36 bits per heavy atom. The lowest BCUT2D eigenvalue weighted by Gasteiger charge is -2.17. The zero-order chi connectivity index (χ0) is 8.69. The third-order valence-corrected chi connectivity index (χ3v) is 2.62. The van der Waals surface area contributed by atoms with Gasteiger partial charge in [0.1, 0.15) is 0 Å². The lowest BCUT2D eigenvalue weighted by atomic mass is 9.89. The average molecular weight is 155 g/mol. The molecule has 1 nitrogen and oxygen atoms in total. The Kier molecular flexibility index (Phi) is 6.19. The summed E-state index contributed by atoms with van der Waals surface area (Å²) in [5, 5.41) is 6.87. The zero-order valence-corrected chi connectivity index (χ0v) is 8.06. The van der Waals surface area contributed by atoms with Gasteiger partial charge < -0.3 is 5.41 Å². The molecule has 0 saturated heterocycles. The van der Waals surface area contributed by atoms with Crippen LogP contribution in [0.15, 0.2) is 0 Å². The summed E-state index contributed by atoms with van der Waals surface area (Å²) in [5.74, 6) is 1.68. The summed E-state index contributed by atoms with van der Waals surface area (Å²) in [5.41, 5.74) is 0. The number of nitrogens with one attached hydrogen (secondary N) is 1. The second-order valence-electron chi connectivity index (χ2n) is 3.50. The molecule has 0 radical (unpaired) electrons. The molecule has 0 rings (SSSR count). The van der Waals surface area contributed by atoms with Crippen molar-refractivity contribution < 1.29 is 0 Å². The zero-order valence-electron chi connectivity index (χ0n) is 8.06. The van der Waals surface area contributed by atoms with Crippen LogP contribution in [0.4, 0.5) is 0 Å². The molecule has 1 unspecified atom stereocenters. The Morgan fingerprint density at radius 2 is 1.91 bits per heavy atom. The Morgan fingerprint density at radius 1 is 1.27 bits per heavy atom. The van der Waals surface area contributed by atoms with E-state index in [1.54, 1.807) is 0 Å². The number of rotatable bonds is 6. The summed E-state index contributed by atoms with van der Waals surface area (Å²) >= 11 is 0. The SMILES string of the molecule is CC[C@H](C)C(C)CCCC=N. The maximum atomic E-state index is 6.87. The molecule has 0 aromatic carbocycles. The van der Waals surface area contributed by atoms with Crippen molar-refractivity contribution in [3.8, 4) is 0 Å². The maximum absolute atomic E-state index is 6.87. The van der Waals surface area contributed by atoms with E-state index in [-0.39, 0.29) is 0 Å². The van der Waals surface area contributed by atoms with Gasteiger partial charge in [0.2, 0.25) is 0 Å². The third-order valence-electron chi connectivity index (χ3n) is 2.62. The Labute approximate surface area is 70.7 Å². The molecule has 0 aliphatic heterocycles. The van der Waals surface area contributed by atoms with Crippen molar-refractivity contribution in [3.63, 3.8) is 0 Å². The number of hydrogen-bond donors (Lipinski definition) is 1. The van der Waals surface area contributed by atoms with Crippen LogP contribution in [0.2, 0.25) is 0 Å². The second kappa shape index (κ2) is 6.38. The van der Waals surface area contributed by atoms with Crippen LogP contribution < -0.4 is 0 Å². The highest BCUT2D eigenvalue weighted by atomic mass is 14.3. The van der Waals surface area contributed by atoms with Gasteiger partial charge in [-0.2, -0.15) is 0 Å². The van der Waals surface area contributed by atoms with Crippen LogP contribution >= 0.6 is 0 Å². The van der Waals surface area contributed by atoms with E-state index in [9.17, 15) is 0 Å². The van der Waals surface area contributed by atoms with E-state index >= 15 is 0 Å². The molecule has 0 heterocycles. The van der Waals surface area contributed by atoms with E-state index in [0.29, 0.717) is 0 Å². The summed E-state index contributed by atoms with van der Waals surface area (Å²) in [6.45, 7) is 6.88. The topological polar surface area (TPSA) is 23.9 Å². The minimum absolute atomic E-state index is 0.833. The molecule has 2 atom stereocenters. The lowest BCUT2D eigenvalue weighted by molar-refractivity contribution is 0.350. The first-order valence-electron chi connectivity index (χ1n) is 4.71. The van der Waals surface area contributed by atoms with Gasteiger partial charge in [-0.05, 0) is 30.9 Å². The van der Waals surface area contributed by atoms with Crippen molar-refractivity contribution in [1.82, 2.24) is 0 Å². The molecule has 1 N–H and O–H groups in total. The van der Waals surface area contributed by atoms with Crippen molar-refractivity contribution in [2.24, 2.45) is 11.8 Å². The summed E-state index contributed by atoms with van der Waals surface area (Å²) in [6.07, 6.45) is 6.23. The van der Waals surface area contributed by atoms with Gasteiger partial charge in [-0.3, -0.25) is 0 Å². The molecule has 0 spiro atoms. The fraction of sp³-hybridized carbons (Fsp3) is 0.900. The van der Waals surface area contributed by atoms with Crippen molar-refractivity contribution in [3.05, 3.63) is 0 Å². The fourth-order valence-corrected chi connectivity index (χ4v) is 1.23. The summed E-state index contributed by atoms with van der Waals surface area (Å²) < 4.78 is 0. The van der Waals surface area contributed by atoms with E-state index in [0.717, 1.165) is 18.3 Å². The van der Waals surface area contributed by atoms with E-state index in [1.807, 2.05) is 0 Å². The average Bonchev–Trinajstić information content (AvgIpc) is 2.03. The van der Waals surface area contributed by atoms with E-state index in [1.165, 1.54) is 25.5 Å². The smallest absolute Gasteiger partial charge is 0.00477 e. The first-order valence-corrected chi connectivity index (χ1v) is 4.71. The van der Waals surface area contributed by atoms with Crippen LogP contribution in [0.3, 0.4) is 0 Å². The molecule has 0 aromatic rings. The van der Waals surface area contributed by atoms with Crippen LogP contribution in [-0.4, -0.2) is 6.21 Å². The fourth-order valence-electron chi connectivity index (χ4n) is 1.23. The molecular formula is C10H21N. The third kappa shape index (κ3) is 5.00. The lowest BCUT2D eigenvalue weighted by Crippen LogP contribution is -2.06. The van der Waals surface area contributed by atoms with Crippen LogP contribution in [-0.2, 0) is 0 Å². The van der Waals surface area contributed by atoms with Gasteiger partial charge in [-0.25, -0.2) is 0 Å². The quantitative estimate of drug-likeness (QED) is 0.448. The van der Waals surface area contributed by atoms with Gasteiger partial charge >= 0.3 is 0 Å². The number of hydrogen-bond acceptors (Lipinski definition) is 1. The molecule has 0 fully saturated rings. The van der Waals surface area contributed by atoms with E-state index in [2.05, 4.69) is 20.8 Å². The van der Waals surface area contributed by atoms with Gasteiger partial charge in [0.25, 0.3) is 0 Å². The Hall–Kier alpha value is -0.330. The summed E-state index contributed by atoms with van der Waals surface area (Å²) in [6, 6.07) is 0. The highest BCUT2D eigenvalue weighted by Crippen LogP contribution is 2.19. The van der Waals surface area contributed by atoms with Gasteiger partial charge in [0.05, 0.1) is 0 Å². The van der Waals surface area contributed by atoms with Crippen LogP contribution in [0.25, 0.3) is 0 Å². The predicted octanol–water partition coefficient (Wildman–Crippen LogP) is 3.49. The molecule has 66 valence electrons. The predicted molar refractivity (Wildman–Crippen MR) is 51.3 cm³/mol. The van der Waals surface area contributed by atoms with Crippen LogP contribution in [0.1, 0.15) is 46.5 Å². The van der Waals surface area contributed by atoms with Gasteiger partial charge in [-0.1, -0.05) is 33.6 Å². The van der Waals surface area contributed by atoms with Crippen molar-refractivity contribution in [1.29, 1.82) is 5.41 Å². The minimum atomic E-state index is 0.833. The Bertz CT molecular complexity index is 99.0. The first-order chi connectivity index (χ1) is 5.22. The Balaban J connectivity index is 3.34. The van der Waals surface area contributed by atoms with E-state index < -0.39 is 0 Å². The summed E-state index contributed by atoms with van der Waals surface area (Å²) in [4.78, 5) is 0.